The van der Waals surface area contributed by atoms with Crippen LogP contribution in [0, 0.1) is 6.92 Å². The Bertz CT molecular complexity index is 1130. The maximum atomic E-state index is 12.6. The van der Waals surface area contributed by atoms with Crippen molar-refractivity contribution in [3.63, 3.8) is 0 Å². The summed E-state index contributed by atoms with van der Waals surface area (Å²) in [5.41, 5.74) is 1.57. The first-order valence-corrected chi connectivity index (χ1v) is 10.1. The zero-order valence-electron chi connectivity index (χ0n) is 14.8. The van der Waals surface area contributed by atoms with Crippen LogP contribution in [0.1, 0.15) is 15.9 Å². The van der Waals surface area contributed by atoms with Crippen molar-refractivity contribution in [1.82, 2.24) is 0 Å². The number of carbonyl (C=O) groups is 1. The van der Waals surface area contributed by atoms with Crippen LogP contribution in [-0.2, 0) is 10.0 Å². The number of benzene rings is 3. The molecule has 144 valence electrons. The average Bonchev–Trinajstić information content (AvgIpc) is 2.66. The SMILES string of the molecule is Cc1ccc(NC(=O)c2cccc(S(=O)(=O)Nc3ccc(Cl)cc3)c2)c(O)c1. The highest BCUT2D eigenvalue weighted by Crippen LogP contribution is 2.25. The minimum absolute atomic E-state index is 0.0665. The monoisotopic (exact) mass is 416 g/mol. The minimum Gasteiger partial charge on any atom is -0.506 e. The van der Waals surface area contributed by atoms with Gasteiger partial charge in [0.15, 0.2) is 0 Å². The molecule has 0 aliphatic heterocycles. The van der Waals surface area contributed by atoms with Gasteiger partial charge in [0.05, 0.1) is 10.6 Å². The van der Waals surface area contributed by atoms with Gasteiger partial charge >= 0.3 is 0 Å². The van der Waals surface area contributed by atoms with Crippen molar-refractivity contribution in [2.75, 3.05) is 10.0 Å². The number of sulfonamides is 1. The van der Waals surface area contributed by atoms with E-state index in [1.165, 1.54) is 42.5 Å². The van der Waals surface area contributed by atoms with Crippen LogP contribution >= 0.6 is 11.6 Å². The number of aromatic hydroxyl groups is 1. The molecule has 0 fully saturated rings. The number of aryl methyl sites for hydroxylation is 1. The fraction of sp³-hybridized carbons (Fsp3) is 0.0500. The van der Waals surface area contributed by atoms with Gasteiger partial charge in [0.1, 0.15) is 5.75 Å². The molecule has 3 aromatic rings. The first-order valence-electron chi connectivity index (χ1n) is 8.24. The molecule has 3 rings (SSSR count). The lowest BCUT2D eigenvalue weighted by atomic mass is 10.2. The van der Waals surface area contributed by atoms with Crippen LogP contribution in [-0.4, -0.2) is 19.4 Å². The van der Waals surface area contributed by atoms with E-state index in [1.54, 1.807) is 24.3 Å². The fourth-order valence-electron chi connectivity index (χ4n) is 2.48. The maximum absolute atomic E-state index is 12.6. The molecule has 0 saturated carbocycles. The van der Waals surface area contributed by atoms with E-state index in [4.69, 9.17) is 11.6 Å². The zero-order chi connectivity index (χ0) is 20.3. The second-order valence-electron chi connectivity index (χ2n) is 6.11. The standard InChI is InChI=1S/C20H17ClN2O4S/c1-13-5-10-18(19(24)11-13)22-20(25)14-3-2-4-17(12-14)28(26,27)23-16-8-6-15(21)7-9-16/h2-12,23-24H,1H3,(H,22,25). The van der Waals surface area contributed by atoms with E-state index in [-0.39, 0.29) is 21.9 Å². The minimum atomic E-state index is -3.89. The van der Waals surface area contributed by atoms with Gasteiger partial charge in [-0.25, -0.2) is 8.42 Å². The predicted molar refractivity (Wildman–Crippen MR) is 109 cm³/mol. The van der Waals surface area contributed by atoms with E-state index in [2.05, 4.69) is 10.0 Å². The number of rotatable bonds is 5. The van der Waals surface area contributed by atoms with Gasteiger partial charge in [-0.15, -0.1) is 0 Å². The van der Waals surface area contributed by atoms with E-state index < -0.39 is 15.9 Å². The van der Waals surface area contributed by atoms with Gasteiger partial charge in [0.2, 0.25) is 0 Å². The third kappa shape index (κ3) is 4.62. The molecule has 0 aliphatic rings. The molecule has 0 aromatic heterocycles. The fourth-order valence-corrected chi connectivity index (χ4v) is 3.71. The first kappa shape index (κ1) is 19.7. The highest BCUT2D eigenvalue weighted by Gasteiger charge is 2.17. The third-order valence-electron chi connectivity index (χ3n) is 3.90. The van der Waals surface area contributed by atoms with Crippen molar-refractivity contribution in [3.05, 3.63) is 82.9 Å². The predicted octanol–water partition coefficient (Wildman–Crippen LogP) is 4.41. The van der Waals surface area contributed by atoms with Crippen LogP contribution in [0.2, 0.25) is 5.02 Å². The number of anilines is 2. The summed E-state index contributed by atoms with van der Waals surface area (Å²) >= 11 is 5.80. The van der Waals surface area contributed by atoms with Crippen LogP contribution in [0.3, 0.4) is 0 Å². The molecule has 3 aromatic carbocycles. The van der Waals surface area contributed by atoms with E-state index in [1.807, 2.05) is 6.92 Å². The number of phenolic OH excluding ortho intramolecular Hbond substituents is 1. The lowest BCUT2D eigenvalue weighted by Crippen LogP contribution is -2.16. The molecule has 0 atom stereocenters. The van der Waals surface area contributed by atoms with Crippen molar-refractivity contribution < 1.29 is 18.3 Å². The average molecular weight is 417 g/mol. The smallest absolute Gasteiger partial charge is 0.261 e. The van der Waals surface area contributed by atoms with Crippen molar-refractivity contribution in [1.29, 1.82) is 0 Å². The number of hydrogen-bond donors (Lipinski definition) is 3. The lowest BCUT2D eigenvalue weighted by Gasteiger charge is -2.11. The molecule has 0 saturated heterocycles. The molecular formula is C20H17ClN2O4S. The summed E-state index contributed by atoms with van der Waals surface area (Å²) in [5.74, 6) is -0.607. The number of amides is 1. The van der Waals surface area contributed by atoms with Gasteiger partial charge < -0.3 is 10.4 Å². The van der Waals surface area contributed by atoms with Gasteiger partial charge in [-0.1, -0.05) is 23.7 Å². The molecule has 0 bridgehead atoms. The number of phenols is 1. The van der Waals surface area contributed by atoms with Crippen LogP contribution in [0.25, 0.3) is 0 Å². The summed E-state index contributed by atoms with van der Waals surface area (Å²) in [5, 5.41) is 13.0. The van der Waals surface area contributed by atoms with Crippen molar-refractivity contribution in [2.45, 2.75) is 11.8 Å². The topological polar surface area (TPSA) is 95.5 Å². The number of halogens is 1. The van der Waals surface area contributed by atoms with E-state index in [9.17, 15) is 18.3 Å². The van der Waals surface area contributed by atoms with E-state index in [0.717, 1.165) is 5.56 Å². The van der Waals surface area contributed by atoms with Crippen LogP contribution in [0.5, 0.6) is 5.75 Å². The van der Waals surface area contributed by atoms with Gasteiger partial charge in [-0.2, -0.15) is 0 Å². The molecule has 1 amide bonds. The Kier molecular flexibility index (Phi) is 5.58. The van der Waals surface area contributed by atoms with Crippen LogP contribution in [0.15, 0.2) is 71.6 Å². The molecule has 0 radical (unpaired) electrons. The molecule has 0 unspecified atom stereocenters. The lowest BCUT2D eigenvalue weighted by molar-refractivity contribution is 0.102. The summed E-state index contributed by atoms with van der Waals surface area (Å²) < 4.78 is 27.6. The Balaban J connectivity index is 1.82. The molecule has 8 heteroatoms. The Morgan fingerprint density at radius 2 is 1.71 bits per heavy atom. The van der Waals surface area contributed by atoms with Crippen LogP contribution < -0.4 is 10.0 Å². The second kappa shape index (κ2) is 7.92. The third-order valence-corrected chi connectivity index (χ3v) is 5.54. The summed E-state index contributed by atoms with van der Waals surface area (Å²) in [7, 11) is -3.89. The van der Waals surface area contributed by atoms with Crippen molar-refractivity contribution in [2.24, 2.45) is 0 Å². The zero-order valence-corrected chi connectivity index (χ0v) is 16.4. The Morgan fingerprint density at radius 1 is 1.00 bits per heavy atom. The summed E-state index contributed by atoms with van der Waals surface area (Å²) in [6.45, 7) is 1.81. The molecule has 3 N–H and O–H groups in total. The highest BCUT2D eigenvalue weighted by atomic mass is 35.5. The molecule has 6 nitrogen and oxygen atoms in total. The molecule has 0 aliphatic carbocycles. The van der Waals surface area contributed by atoms with Gasteiger partial charge in [-0.3, -0.25) is 9.52 Å². The quantitative estimate of drug-likeness (QED) is 0.537. The Hall–Kier alpha value is -3.03. The Morgan fingerprint density at radius 3 is 2.39 bits per heavy atom. The van der Waals surface area contributed by atoms with Gasteiger partial charge in [-0.05, 0) is 67.1 Å². The van der Waals surface area contributed by atoms with Crippen molar-refractivity contribution >= 4 is 38.9 Å². The number of carbonyl (C=O) groups excluding carboxylic acids is 1. The molecular weight excluding hydrogens is 400 g/mol. The van der Waals surface area contributed by atoms with Gasteiger partial charge in [0, 0.05) is 16.3 Å². The highest BCUT2D eigenvalue weighted by molar-refractivity contribution is 7.92. The molecule has 28 heavy (non-hydrogen) atoms. The maximum Gasteiger partial charge on any atom is 0.261 e. The van der Waals surface area contributed by atoms with Crippen molar-refractivity contribution in [3.8, 4) is 5.75 Å². The van der Waals surface area contributed by atoms with Gasteiger partial charge in [0.25, 0.3) is 15.9 Å². The van der Waals surface area contributed by atoms with E-state index >= 15 is 0 Å². The number of hydrogen-bond acceptors (Lipinski definition) is 4. The first-order chi connectivity index (χ1) is 13.2. The van der Waals surface area contributed by atoms with E-state index in [0.29, 0.717) is 10.7 Å². The largest absolute Gasteiger partial charge is 0.506 e. The Labute approximate surface area is 167 Å². The molecule has 0 spiro atoms. The van der Waals surface area contributed by atoms with Crippen LogP contribution in [0.4, 0.5) is 11.4 Å². The summed E-state index contributed by atoms with van der Waals surface area (Å²) in [4.78, 5) is 12.4. The molecule has 0 heterocycles. The second-order valence-corrected chi connectivity index (χ2v) is 8.23. The number of nitrogens with one attached hydrogen (secondary N) is 2. The normalized spacial score (nSPS) is 11.1. The summed E-state index contributed by atoms with van der Waals surface area (Å²) in [6, 6.07) is 16.7. The summed E-state index contributed by atoms with van der Waals surface area (Å²) in [6.07, 6.45) is 0.